The van der Waals surface area contributed by atoms with Crippen LogP contribution in [0.3, 0.4) is 0 Å². The van der Waals surface area contributed by atoms with Gasteiger partial charge in [-0.25, -0.2) is 0 Å². The van der Waals surface area contributed by atoms with E-state index >= 15 is 0 Å². The second-order valence-corrected chi connectivity index (χ2v) is 3.90. The zero-order chi connectivity index (χ0) is 12.1. The van der Waals surface area contributed by atoms with Crippen molar-refractivity contribution in [2.45, 2.75) is 33.8 Å². The van der Waals surface area contributed by atoms with Crippen molar-refractivity contribution in [3.63, 3.8) is 0 Å². The van der Waals surface area contributed by atoms with Gasteiger partial charge in [0, 0.05) is 6.54 Å². The third-order valence-electron chi connectivity index (χ3n) is 2.51. The van der Waals surface area contributed by atoms with E-state index < -0.39 is 6.10 Å². The highest BCUT2D eigenvalue weighted by molar-refractivity contribution is 5.80. The van der Waals surface area contributed by atoms with Gasteiger partial charge in [0.05, 0.1) is 0 Å². The van der Waals surface area contributed by atoms with E-state index in [1.54, 1.807) is 6.92 Å². The summed E-state index contributed by atoms with van der Waals surface area (Å²) in [4.78, 5) is 11.5. The Bertz CT molecular complexity index is 374. The van der Waals surface area contributed by atoms with E-state index in [0.29, 0.717) is 6.54 Å². The molecule has 0 aliphatic heterocycles. The van der Waals surface area contributed by atoms with Crippen LogP contribution in [0.1, 0.15) is 25.0 Å². The van der Waals surface area contributed by atoms with E-state index in [0.717, 1.165) is 5.75 Å². The molecule has 0 bridgehead atoms. The standard InChI is InChI=1S/C13H19NO2/c1-5-14-13(15)11(4)16-12-7-6-9(2)10(3)8-12/h6-8,11H,5H2,1-4H3,(H,14,15)/t11-/m1/s1. The molecule has 16 heavy (non-hydrogen) atoms. The molecule has 0 aromatic heterocycles. The van der Waals surface area contributed by atoms with Gasteiger partial charge in [0.1, 0.15) is 5.75 Å². The van der Waals surface area contributed by atoms with Gasteiger partial charge in [0.15, 0.2) is 6.10 Å². The predicted octanol–water partition coefficient (Wildman–Crippen LogP) is 2.21. The molecule has 0 unspecified atom stereocenters. The van der Waals surface area contributed by atoms with E-state index in [2.05, 4.69) is 5.32 Å². The summed E-state index contributed by atoms with van der Waals surface area (Å²) in [6.07, 6.45) is -0.456. The molecule has 1 amide bonds. The van der Waals surface area contributed by atoms with Gasteiger partial charge in [0.2, 0.25) is 0 Å². The molecule has 1 aromatic carbocycles. The Hall–Kier alpha value is -1.51. The molecule has 3 nitrogen and oxygen atoms in total. The molecular formula is C13H19NO2. The van der Waals surface area contributed by atoms with Gasteiger partial charge in [-0.3, -0.25) is 4.79 Å². The first kappa shape index (κ1) is 12.6. The molecule has 0 fully saturated rings. The maximum atomic E-state index is 11.5. The number of amides is 1. The maximum absolute atomic E-state index is 11.5. The van der Waals surface area contributed by atoms with Crippen molar-refractivity contribution in [3.05, 3.63) is 29.3 Å². The van der Waals surface area contributed by atoms with Gasteiger partial charge >= 0.3 is 0 Å². The van der Waals surface area contributed by atoms with Crippen molar-refractivity contribution in [3.8, 4) is 5.75 Å². The quantitative estimate of drug-likeness (QED) is 0.846. The molecule has 88 valence electrons. The Balaban J connectivity index is 2.66. The smallest absolute Gasteiger partial charge is 0.260 e. The number of hydrogen-bond acceptors (Lipinski definition) is 2. The summed E-state index contributed by atoms with van der Waals surface area (Å²) in [5, 5.41) is 2.73. The molecule has 1 rings (SSSR count). The van der Waals surface area contributed by atoms with E-state index in [9.17, 15) is 4.79 Å². The minimum Gasteiger partial charge on any atom is -0.481 e. The SMILES string of the molecule is CCNC(=O)[C@@H](C)Oc1ccc(C)c(C)c1. The monoisotopic (exact) mass is 221 g/mol. The van der Waals surface area contributed by atoms with Crippen molar-refractivity contribution < 1.29 is 9.53 Å². The number of likely N-dealkylation sites (N-methyl/N-ethyl adjacent to an activating group) is 1. The van der Waals surface area contributed by atoms with Crippen LogP contribution in [0.5, 0.6) is 5.75 Å². The van der Waals surface area contributed by atoms with Crippen molar-refractivity contribution in [2.24, 2.45) is 0 Å². The number of aryl methyl sites for hydroxylation is 2. The summed E-state index contributed by atoms with van der Waals surface area (Å²) < 4.78 is 5.55. The number of hydrogen-bond donors (Lipinski definition) is 1. The summed E-state index contributed by atoms with van der Waals surface area (Å²) >= 11 is 0. The molecular weight excluding hydrogens is 202 g/mol. The van der Waals surface area contributed by atoms with Crippen LogP contribution in [-0.4, -0.2) is 18.6 Å². The van der Waals surface area contributed by atoms with Crippen LogP contribution in [0.4, 0.5) is 0 Å². The largest absolute Gasteiger partial charge is 0.481 e. The first-order valence-corrected chi connectivity index (χ1v) is 5.56. The fourth-order valence-corrected chi connectivity index (χ4v) is 1.36. The number of benzene rings is 1. The molecule has 0 saturated carbocycles. The lowest BCUT2D eigenvalue weighted by atomic mass is 10.1. The fourth-order valence-electron chi connectivity index (χ4n) is 1.36. The van der Waals surface area contributed by atoms with Crippen LogP contribution >= 0.6 is 0 Å². The van der Waals surface area contributed by atoms with Crippen LogP contribution < -0.4 is 10.1 Å². The van der Waals surface area contributed by atoms with Gasteiger partial charge in [-0.15, -0.1) is 0 Å². The summed E-state index contributed by atoms with van der Waals surface area (Å²) in [5.41, 5.74) is 2.39. The minimum absolute atomic E-state index is 0.0827. The molecule has 0 heterocycles. The van der Waals surface area contributed by atoms with Crippen molar-refractivity contribution >= 4 is 5.91 Å². The summed E-state index contributed by atoms with van der Waals surface area (Å²) in [5.74, 6) is 0.655. The Morgan fingerprint density at radius 3 is 2.62 bits per heavy atom. The Kier molecular flexibility index (Phi) is 4.35. The number of carbonyl (C=O) groups excluding carboxylic acids is 1. The molecule has 1 N–H and O–H groups in total. The van der Waals surface area contributed by atoms with Crippen LogP contribution in [0.15, 0.2) is 18.2 Å². The zero-order valence-electron chi connectivity index (χ0n) is 10.3. The Morgan fingerprint density at radius 1 is 1.38 bits per heavy atom. The van der Waals surface area contributed by atoms with Gasteiger partial charge in [-0.2, -0.15) is 0 Å². The van der Waals surface area contributed by atoms with E-state index in [1.807, 2.05) is 39.0 Å². The van der Waals surface area contributed by atoms with Crippen LogP contribution in [-0.2, 0) is 4.79 Å². The summed E-state index contributed by atoms with van der Waals surface area (Å²) in [6.45, 7) is 8.34. The van der Waals surface area contributed by atoms with Gasteiger partial charge in [-0.05, 0) is 51.0 Å². The van der Waals surface area contributed by atoms with E-state index in [1.165, 1.54) is 11.1 Å². The number of nitrogens with one attached hydrogen (secondary N) is 1. The molecule has 0 spiro atoms. The van der Waals surface area contributed by atoms with E-state index in [4.69, 9.17) is 4.74 Å². The van der Waals surface area contributed by atoms with Gasteiger partial charge in [-0.1, -0.05) is 6.07 Å². The third kappa shape index (κ3) is 3.26. The molecule has 1 aromatic rings. The second-order valence-electron chi connectivity index (χ2n) is 3.90. The van der Waals surface area contributed by atoms with Gasteiger partial charge in [0.25, 0.3) is 5.91 Å². The molecule has 3 heteroatoms. The number of rotatable bonds is 4. The lowest BCUT2D eigenvalue weighted by Crippen LogP contribution is -2.36. The zero-order valence-corrected chi connectivity index (χ0v) is 10.3. The highest BCUT2D eigenvalue weighted by Gasteiger charge is 2.13. The molecule has 1 atom stereocenters. The normalized spacial score (nSPS) is 12.0. The second kappa shape index (κ2) is 5.54. The van der Waals surface area contributed by atoms with Crippen molar-refractivity contribution in [1.29, 1.82) is 0 Å². The predicted molar refractivity (Wildman–Crippen MR) is 64.7 cm³/mol. The lowest BCUT2D eigenvalue weighted by molar-refractivity contribution is -0.127. The van der Waals surface area contributed by atoms with Crippen LogP contribution in [0.25, 0.3) is 0 Å². The first-order chi connectivity index (χ1) is 7.54. The minimum atomic E-state index is -0.456. The fraction of sp³-hybridized carbons (Fsp3) is 0.462. The van der Waals surface area contributed by atoms with Crippen LogP contribution in [0, 0.1) is 13.8 Å². The van der Waals surface area contributed by atoms with Gasteiger partial charge < -0.3 is 10.1 Å². The number of ether oxygens (including phenoxy) is 1. The molecule has 0 radical (unpaired) electrons. The first-order valence-electron chi connectivity index (χ1n) is 5.56. The Labute approximate surface area is 96.8 Å². The third-order valence-corrected chi connectivity index (χ3v) is 2.51. The highest BCUT2D eigenvalue weighted by atomic mass is 16.5. The molecule has 0 aliphatic rings. The molecule has 0 aliphatic carbocycles. The average molecular weight is 221 g/mol. The summed E-state index contributed by atoms with van der Waals surface area (Å²) in [7, 11) is 0. The summed E-state index contributed by atoms with van der Waals surface area (Å²) in [6, 6.07) is 5.83. The number of carbonyl (C=O) groups is 1. The van der Waals surface area contributed by atoms with Crippen molar-refractivity contribution in [2.75, 3.05) is 6.54 Å². The topological polar surface area (TPSA) is 38.3 Å². The Morgan fingerprint density at radius 2 is 2.06 bits per heavy atom. The van der Waals surface area contributed by atoms with E-state index in [-0.39, 0.29) is 5.91 Å². The maximum Gasteiger partial charge on any atom is 0.260 e. The van der Waals surface area contributed by atoms with Crippen LogP contribution in [0.2, 0.25) is 0 Å². The van der Waals surface area contributed by atoms with Crippen molar-refractivity contribution in [1.82, 2.24) is 5.32 Å². The lowest BCUT2D eigenvalue weighted by Gasteiger charge is -2.14. The highest BCUT2D eigenvalue weighted by Crippen LogP contribution is 2.17. The molecule has 0 saturated heterocycles. The average Bonchev–Trinajstić information content (AvgIpc) is 2.24.